The van der Waals surface area contributed by atoms with Gasteiger partial charge in [0, 0.05) is 33.2 Å². The van der Waals surface area contributed by atoms with Crippen molar-refractivity contribution in [3.63, 3.8) is 0 Å². The van der Waals surface area contributed by atoms with E-state index < -0.39 is 12.6 Å². The first-order valence-electron chi connectivity index (χ1n) is 6.30. The molecule has 1 aromatic heterocycles. The maximum atomic E-state index is 12.0. The highest BCUT2D eigenvalue weighted by molar-refractivity contribution is 5.47. The highest BCUT2D eigenvalue weighted by Crippen LogP contribution is 2.22. The number of nitrogens with one attached hydrogen (secondary N) is 2. The molecule has 0 amide bonds. The smallest absolute Gasteiger partial charge is 0.377 e. The van der Waals surface area contributed by atoms with E-state index >= 15 is 0 Å². The van der Waals surface area contributed by atoms with Crippen LogP contribution in [-0.4, -0.2) is 36.8 Å². The summed E-state index contributed by atoms with van der Waals surface area (Å²) in [6.45, 7) is 0.709. The molecule has 8 heteroatoms. The van der Waals surface area contributed by atoms with Crippen LogP contribution < -0.4 is 10.6 Å². The number of rotatable bonds is 8. The summed E-state index contributed by atoms with van der Waals surface area (Å²) in [5.74, 6) is 1.71. The molecule has 0 atom stereocenters. The van der Waals surface area contributed by atoms with Gasteiger partial charge in [0.05, 0.1) is 0 Å². The van der Waals surface area contributed by atoms with Gasteiger partial charge in [0.2, 0.25) is 0 Å². The molecule has 0 aliphatic heterocycles. The minimum atomic E-state index is -4.08. The van der Waals surface area contributed by atoms with Crippen LogP contribution in [0.15, 0.2) is 6.07 Å². The normalized spacial score (nSPS) is 11.4. The second-order valence-corrected chi connectivity index (χ2v) is 4.24. The third-order valence-corrected chi connectivity index (χ3v) is 2.50. The first-order valence-corrected chi connectivity index (χ1v) is 6.30. The second kappa shape index (κ2) is 7.88. The number of halogens is 3. The van der Waals surface area contributed by atoms with Crippen molar-refractivity contribution in [2.75, 3.05) is 31.3 Å². The summed E-state index contributed by atoms with van der Waals surface area (Å²) >= 11 is 0. The Morgan fingerprint density at radius 2 is 1.90 bits per heavy atom. The van der Waals surface area contributed by atoms with Gasteiger partial charge in [0.1, 0.15) is 18.2 Å². The highest BCUT2D eigenvalue weighted by atomic mass is 19.4. The van der Waals surface area contributed by atoms with Crippen LogP contribution >= 0.6 is 0 Å². The average Bonchev–Trinajstić information content (AvgIpc) is 2.37. The van der Waals surface area contributed by atoms with Crippen LogP contribution in [0.3, 0.4) is 0 Å². The zero-order chi connectivity index (χ0) is 15.0. The molecule has 0 saturated carbocycles. The largest absolute Gasteiger partial charge is 0.389 e. The standard InChI is InChI=1S/C12H19F3N4O/c1-16-9-7-10(19-11(18-9)8-20-2)17-6-4-3-5-12(13,14)15/h7H,3-6,8H2,1-2H3,(H2,16,17,18,19). The number of alkyl halides is 3. The fraction of sp³-hybridized carbons (Fsp3) is 0.667. The first kappa shape index (κ1) is 16.5. The summed E-state index contributed by atoms with van der Waals surface area (Å²) in [4.78, 5) is 8.39. The van der Waals surface area contributed by atoms with Crippen LogP contribution in [0.25, 0.3) is 0 Å². The molecule has 0 aromatic carbocycles. The Balaban J connectivity index is 2.44. The molecule has 0 aliphatic carbocycles. The van der Waals surface area contributed by atoms with Gasteiger partial charge in [-0.25, -0.2) is 9.97 Å². The van der Waals surface area contributed by atoms with Crippen molar-refractivity contribution in [3.05, 3.63) is 11.9 Å². The Morgan fingerprint density at radius 1 is 1.20 bits per heavy atom. The van der Waals surface area contributed by atoms with Crippen LogP contribution in [0.2, 0.25) is 0 Å². The van der Waals surface area contributed by atoms with Crippen molar-refractivity contribution in [1.29, 1.82) is 0 Å². The topological polar surface area (TPSA) is 59.1 Å². The van der Waals surface area contributed by atoms with Crippen LogP contribution in [-0.2, 0) is 11.3 Å². The van der Waals surface area contributed by atoms with Gasteiger partial charge in [-0.1, -0.05) is 0 Å². The molecule has 1 rings (SSSR count). The number of ether oxygens (including phenoxy) is 1. The lowest BCUT2D eigenvalue weighted by Crippen LogP contribution is -2.10. The number of methoxy groups -OCH3 is 1. The van der Waals surface area contributed by atoms with Gasteiger partial charge in [-0.15, -0.1) is 0 Å². The maximum absolute atomic E-state index is 12.0. The van der Waals surface area contributed by atoms with Gasteiger partial charge in [0.15, 0.2) is 5.82 Å². The minimum Gasteiger partial charge on any atom is -0.377 e. The van der Waals surface area contributed by atoms with E-state index in [9.17, 15) is 13.2 Å². The van der Waals surface area contributed by atoms with Gasteiger partial charge in [-0.2, -0.15) is 13.2 Å². The third kappa shape index (κ3) is 6.55. The minimum absolute atomic E-state index is 0.103. The number of unbranched alkanes of at least 4 members (excludes halogenated alkanes) is 1. The Hall–Kier alpha value is -1.57. The molecule has 0 fully saturated rings. The molecule has 0 radical (unpaired) electrons. The van der Waals surface area contributed by atoms with Crippen LogP contribution in [0.4, 0.5) is 24.8 Å². The van der Waals surface area contributed by atoms with E-state index in [1.807, 2.05) is 0 Å². The quantitative estimate of drug-likeness (QED) is 0.722. The van der Waals surface area contributed by atoms with Crippen LogP contribution in [0.5, 0.6) is 0 Å². The molecule has 20 heavy (non-hydrogen) atoms. The van der Waals surface area contributed by atoms with E-state index in [1.54, 1.807) is 20.2 Å². The Bertz CT molecular complexity index is 412. The molecule has 5 nitrogen and oxygen atoms in total. The third-order valence-electron chi connectivity index (χ3n) is 2.50. The van der Waals surface area contributed by atoms with E-state index in [2.05, 4.69) is 20.6 Å². The summed E-state index contributed by atoms with van der Waals surface area (Å²) in [6, 6.07) is 1.70. The summed E-state index contributed by atoms with van der Waals surface area (Å²) in [6.07, 6.45) is -4.31. The molecule has 1 heterocycles. The van der Waals surface area contributed by atoms with E-state index in [-0.39, 0.29) is 13.0 Å². The first-order chi connectivity index (χ1) is 9.44. The lowest BCUT2D eigenvalue weighted by atomic mass is 10.2. The van der Waals surface area contributed by atoms with Crippen molar-refractivity contribution in [2.45, 2.75) is 32.0 Å². The Kier molecular flexibility index (Phi) is 6.50. The van der Waals surface area contributed by atoms with Crippen molar-refractivity contribution in [1.82, 2.24) is 9.97 Å². The van der Waals surface area contributed by atoms with E-state index in [4.69, 9.17) is 4.74 Å². The maximum Gasteiger partial charge on any atom is 0.389 e. The lowest BCUT2D eigenvalue weighted by molar-refractivity contribution is -0.135. The lowest BCUT2D eigenvalue weighted by Gasteiger charge is -2.10. The molecule has 0 unspecified atom stereocenters. The predicted octanol–water partition coefficient (Wildman–Crippen LogP) is 2.81. The molecule has 114 valence electrons. The fourth-order valence-corrected chi connectivity index (χ4v) is 1.58. The second-order valence-electron chi connectivity index (χ2n) is 4.24. The average molecular weight is 292 g/mol. The molecular weight excluding hydrogens is 273 g/mol. The molecule has 0 spiro atoms. The van der Waals surface area contributed by atoms with Crippen molar-refractivity contribution in [2.24, 2.45) is 0 Å². The van der Waals surface area contributed by atoms with Gasteiger partial charge < -0.3 is 15.4 Å². The summed E-state index contributed by atoms with van der Waals surface area (Å²) in [5, 5.41) is 5.88. The Labute approximate surface area is 116 Å². The van der Waals surface area contributed by atoms with E-state index in [0.29, 0.717) is 30.4 Å². The molecule has 0 bridgehead atoms. The highest BCUT2D eigenvalue weighted by Gasteiger charge is 2.25. The number of hydrogen-bond donors (Lipinski definition) is 2. The zero-order valence-electron chi connectivity index (χ0n) is 11.5. The zero-order valence-corrected chi connectivity index (χ0v) is 11.5. The summed E-state index contributed by atoms with van der Waals surface area (Å²) < 4.78 is 40.9. The molecule has 2 N–H and O–H groups in total. The van der Waals surface area contributed by atoms with Gasteiger partial charge >= 0.3 is 6.18 Å². The van der Waals surface area contributed by atoms with Gasteiger partial charge in [-0.05, 0) is 12.8 Å². The molecule has 0 saturated heterocycles. The van der Waals surface area contributed by atoms with Crippen molar-refractivity contribution >= 4 is 11.6 Å². The predicted molar refractivity (Wildman–Crippen MR) is 70.7 cm³/mol. The van der Waals surface area contributed by atoms with E-state index in [1.165, 1.54) is 0 Å². The fourth-order valence-electron chi connectivity index (χ4n) is 1.58. The summed E-state index contributed by atoms with van der Waals surface area (Å²) in [5.41, 5.74) is 0. The number of anilines is 2. The number of hydrogen-bond acceptors (Lipinski definition) is 5. The monoisotopic (exact) mass is 292 g/mol. The van der Waals surface area contributed by atoms with Crippen LogP contribution in [0, 0.1) is 0 Å². The molecule has 1 aromatic rings. The Morgan fingerprint density at radius 3 is 2.50 bits per heavy atom. The number of nitrogens with zero attached hydrogens (tertiary/aromatic N) is 2. The SMILES string of the molecule is CNc1cc(NCCCCC(F)(F)F)nc(COC)n1. The molecular formula is C12H19F3N4O. The summed E-state index contributed by atoms with van der Waals surface area (Å²) in [7, 11) is 3.27. The molecule has 0 aliphatic rings. The van der Waals surface area contributed by atoms with Crippen molar-refractivity contribution in [3.8, 4) is 0 Å². The van der Waals surface area contributed by atoms with Gasteiger partial charge in [-0.3, -0.25) is 0 Å². The van der Waals surface area contributed by atoms with Crippen molar-refractivity contribution < 1.29 is 17.9 Å². The van der Waals surface area contributed by atoms with E-state index in [0.717, 1.165) is 0 Å². The number of aromatic nitrogens is 2. The van der Waals surface area contributed by atoms with Crippen LogP contribution in [0.1, 0.15) is 25.1 Å². The van der Waals surface area contributed by atoms with Gasteiger partial charge in [0.25, 0.3) is 0 Å².